The molecular weight excluding hydrogens is 376 g/mol. The highest BCUT2D eigenvalue weighted by atomic mass is 16.3. The van der Waals surface area contributed by atoms with E-state index in [4.69, 9.17) is 0 Å². The van der Waals surface area contributed by atoms with E-state index in [1.807, 2.05) is 60.0 Å². The number of amides is 1. The lowest BCUT2D eigenvalue weighted by atomic mass is 10.0. The Morgan fingerprint density at radius 2 is 2.00 bits per heavy atom. The van der Waals surface area contributed by atoms with E-state index in [0.717, 1.165) is 39.0 Å². The fourth-order valence-electron chi connectivity index (χ4n) is 3.30. The zero-order chi connectivity index (χ0) is 20.9. The fraction of sp³-hybridized carbons (Fsp3) is 0.125. The fourth-order valence-corrected chi connectivity index (χ4v) is 3.30. The molecular formula is C24H22N4O2. The maximum atomic E-state index is 12.3. The molecule has 1 amide bonds. The molecule has 0 spiro atoms. The molecule has 150 valence electrons. The summed E-state index contributed by atoms with van der Waals surface area (Å²) in [5.74, 6) is -0.204. The summed E-state index contributed by atoms with van der Waals surface area (Å²) >= 11 is 0. The number of carbonyl (C=O) groups excluding carboxylic acids is 1. The standard InChI is InChI=1S/C24H22N4O2/c1-17-2-6-20(7-3-17)27-24(30)9-5-19-15-25-11-10-21(19)18-4-8-22-23(14-18)28(12-13-29)16-26-22/h2-11,14-16,29H,12-13H2,1H3,(H,27,30)/b9-5+. The first kappa shape index (κ1) is 19.5. The molecule has 0 saturated carbocycles. The maximum absolute atomic E-state index is 12.3. The van der Waals surface area contributed by atoms with E-state index < -0.39 is 0 Å². The molecule has 2 N–H and O–H groups in total. The number of carbonyl (C=O) groups is 1. The lowest BCUT2D eigenvalue weighted by Crippen LogP contribution is -2.07. The quantitative estimate of drug-likeness (QED) is 0.480. The number of fused-ring (bicyclic) bond motifs is 1. The Labute approximate surface area is 174 Å². The van der Waals surface area contributed by atoms with Gasteiger partial charge in [0.15, 0.2) is 0 Å². The van der Waals surface area contributed by atoms with Crippen LogP contribution < -0.4 is 5.32 Å². The molecule has 0 aliphatic carbocycles. The monoisotopic (exact) mass is 398 g/mol. The first-order valence-electron chi connectivity index (χ1n) is 9.70. The minimum absolute atomic E-state index is 0.0506. The number of hydrogen-bond acceptors (Lipinski definition) is 4. The Bertz CT molecular complexity index is 1210. The van der Waals surface area contributed by atoms with Gasteiger partial charge >= 0.3 is 0 Å². The molecule has 4 rings (SSSR count). The molecule has 2 heterocycles. The zero-order valence-electron chi connectivity index (χ0n) is 16.6. The van der Waals surface area contributed by atoms with E-state index in [0.29, 0.717) is 6.54 Å². The van der Waals surface area contributed by atoms with Gasteiger partial charge in [0.1, 0.15) is 0 Å². The van der Waals surface area contributed by atoms with Crippen LogP contribution in [0.4, 0.5) is 5.69 Å². The van der Waals surface area contributed by atoms with Crippen LogP contribution in [0.1, 0.15) is 11.1 Å². The molecule has 0 radical (unpaired) electrons. The molecule has 0 bridgehead atoms. The van der Waals surface area contributed by atoms with Crippen molar-refractivity contribution in [3.8, 4) is 11.1 Å². The molecule has 0 fully saturated rings. The van der Waals surface area contributed by atoms with Gasteiger partial charge in [0.25, 0.3) is 0 Å². The normalized spacial score (nSPS) is 11.3. The number of aliphatic hydroxyl groups is 1. The van der Waals surface area contributed by atoms with Crippen molar-refractivity contribution in [2.45, 2.75) is 13.5 Å². The SMILES string of the molecule is Cc1ccc(NC(=O)/C=C/c2cnccc2-c2ccc3ncn(CCO)c3c2)cc1. The van der Waals surface area contributed by atoms with Crippen LogP contribution in [-0.2, 0) is 11.3 Å². The molecule has 0 saturated heterocycles. The number of benzene rings is 2. The molecule has 6 nitrogen and oxygen atoms in total. The molecule has 0 atom stereocenters. The Morgan fingerprint density at radius 1 is 1.17 bits per heavy atom. The van der Waals surface area contributed by atoms with Gasteiger partial charge in [-0.25, -0.2) is 4.98 Å². The van der Waals surface area contributed by atoms with Crippen molar-refractivity contribution in [3.63, 3.8) is 0 Å². The molecule has 30 heavy (non-hydrogen) atoms. The van der Waals surface area contributed by atoms with Crippen molar-refractivity contribution in [2.75, 3.05) is 11.9 Å². The lowest BCUT2D eigenvalue weighted by Gasteiger charge is -2.08. The summed E-state index contributed by atoms with van der Waals surface area (Å²) in [5, 5.41) is 12.1. The first-order chi connectivity index (χ1) is 14.6. The van der Waals surface area contributed by atoms with Crippen molar-refractivity contribution in [3.05, 3.63) is 84.5 Å². The van der Waals surface area contributed by atoms with Crippen molar-refractivity contribution in [1.29, 1.82) is 0 Å². The van der Waals surface area contributed by atoms with Crippen LogP contribution in [0.25, 0.3) is 28.2 Å². The Morgan fingerprint density at radius 3 is 2.80 bits per heavy atom. The summed E-state index contributed by atoms with van der Waals surface area (Å²) in [6.07, 6.45) is 8.47. The first-order valence-corrected chi connectivity index (χ1v) is 9.70. The number of nitrogens with zero attached hydrogens (tertiary/aromatic N) is 3. The molecule has 0 unspecified atom stereocenters. The molecule has 0 aliphatic rings. The molecule has 2 aromatic carbocycles. The van der Waals surface area contributed by atoms with Crippen LogP contribution in [0, 0.1) is 6.92 Å². The number of aliphatic hydroxyl groups excluding tert-OH is 1. The van der Waals surface area contributed by atoms with Crippen LogP contribution in [0.5, 0.6) is 0 Å². The minimum Gasteiger partial charge on any atom is -0.395 e. The largest absolute Gasteiger partial charge is 0.395 e. The number of aryl methyl sites for hydroxylation is 1. The van der Waals surface area contributed by atoms with Gasteiger partial charge in [0.2, 0.25) is 5.91 Å². The predicted octanol–water partition coefficient (Wildman–Crippen LogP) is 4.05. The van der Waals surface area contributed by atoms with Gasteiger partial charge in [-0.1, -0.05) is 23.8 Å². The Kier molecular flexibility index (Phi) is 5.68. The maximum Gasteiger partial charge on any atom is 0.248 e. The van der Waals surface area contributed by atoms with Gasteiger partial charge in [-0.05, 0) is 54.5 Å². The average molecular weight is 398 g/mol. The highest BCUT2D eigenvalue weighted by Crippen LogP contribution is 2.27. The summed E-state index contributed by atoms with van der Waals surface area (Å²) in [4.78, 5) is 20.9. The smallest absolute Gasteiger partial charge is 0.248 e. The third-order valence-electron chi connectivity index (χ3n) is 4.86. The van der Waals surface area contributed by atoms with Gasteiger partial charge in [-0.3, -0.25) is 9.78 Å². The second kappa shape index (κ2) is 8.71. The number of pyridine rings is 1. The van der Waals surface area contributed by atoms with E-state index >= 15 is 0 Å². The van der Waals surface area contributed by atoms with Crippen molar-refractivity contribution in [2.24, 2.45) is 0 Å². The third kappa shape index (κ3) is 4.29. The molecule has 6 heteroatoms. The highest BCUT2D eigenvalue weighted by molar-refractivity contribution is 6.02. The van der Waals surface area contributed by atoms with Crippen molar-refractivity contribution >= 4 is 28.7 Å². The number of rotatable bonds is 6. The van der Waals surface area contributed by atoms with E-state index in [9.17, 15) is 9.90 Å². The van der Waals surface area contributed by atoms with E-state index in [1.54, 1.807) is 24.8 Å². The van der Waals surface area contributed by atoms with E-state index in [1.165, 1.54) is 6.08 Å². The van der Waals surface area contributed by atoms with Crippen LogP contribution in [0.2, 0.25) is 0 Å². The summed E-state index contributed by atoms with van der Waals surface area (Å²) in [6.45, 7) is 2.54. The van der Waals surface area contributed by atoms with Gasteiger partial charge in [-0.15, -0.1) is 0 Å². The summed E-state index contributed by atoms with van der Waals surface area (Å²) in [5.41, 5.74) is 6.50. The molecule has 0 aliphatic heterocycles. The average Bonchev–Trinajstić information content (AvgIpc) is 3.16. The van der Waals surface area contributed by atoms with Crippen LogP contribution in [-0.4, -0.2) is 32.2 Å². The predicted molar refractivity (Wildman–Crippen MR) is 119 cm³/mol. The second-order valence-electron chi connectivity index (χ2n) is 7.02. The summed E-state index contributed by atoms with van der Waals surface area (Å²) in [6, 6.07) is 15.6. The number of anilines is 1. The number of aromatic nitrogens is 3. The van der Waals surface area contributed by atoms with Crippen molar-refractivity contribution in [1.82, 2.24) is 14.5 Å². The molecule has 4 aromatic rings. The molecule has 2 aromatic heterocycles. The highest BCUT2D eigenvalue weighted by Gasteiger charge is 2.08. The van der Waals surface area contributed by atoms with Gasteiger partial charge in [0, 0.05) is 36.3 Å². The lowest BCUT2D eigenvalue weighted by molar-refractivity contribution is -0.111. The van der Waals surface area contributed by atoms with E-state index in [2.05, 4.69) is 15.3 Å². The second-order valence-corrected chi connectivity index (χ2v) is 7.02. The number of imidazole rings is 1. The minimum atomic E-state index is -0.204. The Balaban J connectivity index is 1.60. The zero-order valence-corrected chi connectivity index (χ0v) is 16.6. The van der Waals surface area contributed by atoms with Crippen LogP contribution in [0.3, 0.4) is 0 Å². The van der Waals surface area contributed by atoms with Gasteiger partial charge in [-0.2, -0.15) is 0 Å². The van der Waals surface area contributed by atoms with Gasteiger partial charge in [0.05, 0.1) is 24.0 Å². The van der Waals surface area contributed by atoms with Crippen molar-refractivity contribution < 1.29 is 9.90 Å². The summed E-state index contributed by atoms with van der Waals surface area (Å²) < 4.78 is 1.92. The van der Waals surface area contributed by atoms with Crippen LogP contribution >= 0.6 is 0 Å². The third-order valence-corrected chi connectivity index (χ3v) is 4.86. The summed E-state index contributed by atoms with van der Waals surface area (Å²) in [7, 11) is 0. The number of nitrogens with one attached hydrogen (secondary N) is 1. The number of hydrogen-bond donors (Lipinski definition) is 2. The Hall–Kier alpha value is -3.77. The van der Waals surface area contributed by atoms with Crippen LogP contribution in [0.15, 0.2) is 73.3 Å². The van der Waals surface area contributed by atoms with E-state index in [-0.39, 0.29) is 12.5 Å². The topological polar surface area (TPSA) is 80.0 Å². The van der Waals surface area contributed by atoms with Gasteiger partial charge < -0.3 is 15.0 Å².